The molecule has 6 nitrogen and oxygen atoms in total. The summed E-state index contributed by atoms with van der Waals surface area (Å²) in [5, 5.41) is 17.1. The topological polar surface area (TPSA) is 80.1 Å². The number of rotatable bonds is 6. The van der Waals surface area contributed by atoms with Gasteiger partial charge < -0.3 is 10.6 Å². The fourth-order valence-electron chi connectivity index (χ4n) is 1.55. The lowest BCUT2D eigenvalue weighted by Crippen LogP contribution is -2.25. The van der Waals surface area contributed by atoms with Gasteiger partial charge >= 0.3 is 0 Å². The van der Waals surface area contributed by atoms with Gasteiger partial charge in [0.15, 0.2) is 0 Å². The normalized spacial score (nSPS) is 12.8. The molecule has 2 N–H and O–H groups in total. The molecule has 6 heteroatoms. The standard InChI is InChI=1S/C14H24N4O2/c1-6-15-12-7-11(18(19)20)8-13(17-12)16-9-10(2)14(3,4)5/h7-8,10H,6,9H2,1-5H3,(H2,15,16,17). The SMILES string of the molecule is CCNc1cc([N+](=O)[O-])cc(NCC(C)C(C)(C)C)n1. The fourth-order valence-corrected chi connectivity index (χ4v) is 1.55. The molecule has 1 heterocycles. The third-order valence-electron chi connectivity index (χ3n) is 3.45. The van der Waals surface area contributed by atoms with Crippen molar-refractivity contribution in [1.82, 2.24) is 4.98 Å². The molecule has 1 unspecified atom stereocenters. The van der Waals surface area contributed by atoms with Crippen molar-refractivity contribution >= 4 is 17.3 Å². The predicted octanol–water partition coefficient (Wildman–Crippen LogP) is 3.52. The lowest BCUT2D eigenvalue weighted by atomic mass is 9.82. The summed E-state index contributed by atoms with van der Waals surface area (Å²) in [6, 6.07) is 2.91. The van der Waals surface area contributed by atoms with Gasteiger partial charge in [-0.05, 0) is 18.3 Å². The zero-order chi connectivity index (χ0) is 15.3. The van der Waals surface area contributed by atoms with E-state index in [4.69, 9.17) is 0 Å². The van der Waals surface area contributed by atoms with Gasteiger partial charge in [0.05, 0.1) is 17.1 Å². The van der Waals surface area contributed by atoms with E-state index in [0.717, 1.165) is 6.54 Å². The highest BCUT2D eigenvalue weighted by atomic mass is 16.6. The number of hydrogen-bond acceptors (Lipinski definition) is 5. The van der Waals surface area contributed by atoms with Crippen LogP contribution in [0.1, 0.15) is 34.6 Å². The Morgan fingerprint density at radius 2 is 1.85 bits per heavy atom. The summed E-state index contributed by atoms with van der Waals surface area (Å²) >= 11 is 0. The molecule has 0 bridgehead atoms. The molecule has 20 heavy (non-hydrogen) atoms. The van der Waals surface area contributed by atoms with E-state index in [9.17, 15) is 10.1 Å². The second-order valence-corrected chi connectivity index (χ2v) is 6.03. The highest BCUT2D eigenvalue weighted by Crippen LogP contribution is 2.26. The number of nitrogens with zero attached hydrogens (tertiary/aromatic N) is 2. The van der Waals surface area contributed by atoms with Crippen LogP contribution in [0.3, 0.4) is 0 Å². The van der Waals surface area contributed by atoms with E-state index in [1.807, 2.05) is 6.92 Å². The summed E-state index contributed by atoms with van der Waals surface area (Å²) in [6.45, 7) is 12.0. The molecule has 112 valence electrons. The third kappa shape index (κ3) is 4.68. The molecule has 0 amide bonds. The van der Waals surface area contributed by atoms with E-state index in [1.165, 1.54) is 12.1 Å². The van der Waals surface area contributed by atoms with Crippen LogP contribution >= 0.6 is 0 Å². The average molecular weight is 280 g/mol. The number of pyridine rings is 1. The molecule has 0 fully saturated rings. The van der Waals surface area contributed by atoms with Gasteiger partial charge in [0.25, 0.3) is 5.69 Å². The second kappa shape index (κ2) is 6.54. The largest absolute Gasteiger partial charge is 0.370 e. The van der Waals surface area contributed by atoms with Gasteiger partial charge in [-0.25, -0.2) is 4.98 Å². The molecule has 1 atom stereocenters. The van der Waals surface area contributed by atoms with Gasteiger partial charge in [-0.1, -0.05) is 27.7 Å². The highest BCUT2D eigenvalue weighted by molar-refractivity contribution is 5.54. The molecule has 0 aliphatic carbocycles. The van der Waals surface area contributed by atoms with Gasteiger partial charge in [0.2, 0.25) is 0 Å². The van der Waals surface area contributed by atoms with Crippen LogP contribution in [0.5, 0.6) is 0 Å². The van der Waals surface area contributed by atoms with Crippen LogP contribution in [0.15, 0.2) is 12.1 Å². The van der Waals surface area contributed by atoms with Gasteiger partial charge in [-0.3, -0.25) is 10.1 Å². The average Bonchev–Trinajstić information content (AvgIpc) is 2.34. The van der Waals surface area contributed by atoms with Crippen LogP contribution in [0, 0.1) is 21.4 Å². The van der Waals surface area contributed by atoms with Crippen molar-refractivity contribution in [1.29, 1.82) is 0 Å². The molecule has 0 radical (unpaired) electrons. The van der Waals surface area contributed by atoms with Crippen LogP contribution in [0.4, 0.5) is 17.3 Å². The minimum absolute atomic E-state index is 0.0434. The second-order valence-electron chi connectivity index (χ2n) is 6.03. The molecule has 0 saturated carbocycles. The molecule has 0 spiro atoms. The Hall–Kier alpha value is -1.85. The Morgan fingerprint density at radius 3 is 2.30 bits per heavy atom. The van der Waals surface area contributed by atoms with Crippen molar-refractivity contribution in [3.63, 3.8) is 0 Å². The van der Waals surface area contributed by atoms with Crippen LogP contribution in [0.2, 0.25) is 0 Å². The van der Waals surface area contributed by atoms with Crippen molar-refractivity contribution in [2.75, 3.05) is 23.7 Å². The molecule has 0 aliphatic rings. The Bertz CT molecular complexity index is 469. The van der Waals surface area contributed by atoms with E-state index >= 15 is 0 Å². The number of hydrogen-bond donors (Lipinski definition) is 2. The monoisotopic (exact) mass is 280 g/mol. The molecule has 0 saturated heterocycles. The number of nitrogens with one attached hydrogen (secondary N) is 2. The van der Waals surface area contributed by atoms with Crippen LogP contribution in [-0.4, -0.2) is 23.0 Å². The molecule has 0 aliphatic heterocycles. The smallest absolute Gasteiger partial charge is 0.276 e. The third-order valence-corrected chi connectivity index (χ3v) is 3.45. The highest BCUT2D eigenvalue weighted by Gasteiger charge is 2.20. The molecule has 1 aromatic heterocycles. The van der Waals surface area contributed by atoms with E-state index in [1.54, 1.807) is 0 Å². The zero-order valence-electron chi connectivity index (χ0n) is 12.9. The summed E-state index contributed by atoms with van der Waals surface area (Å²) < 4.78 is 0. The first-order valence-electron chi connectivity index (χ1n) is 6.88. The first-order valence-corrected chi connectivity index (χ1v) is 6.88. The Morgan fingerprint density at radius 1 is 1.30 bits per heavy atom. The first kappa shape index (κ1) is 16.2. The van der Waals surface area contributed by atoms with Crippen molar-refractivity contribution < 1.29 is 4.92 Å². The lowest BCUT2D eigenvalue weighted by molar-refractivity contribution is -0.384. The predicted molar refractivity (Wildman–Crippen MR) is 82.2 cm³/mol. The van der Waals surface area contributed by atoms with Crippen molar-refractivity contribution in [3.05, 3.63) is 22.2 Å². The Balaban J connectivity index is 2.86. The minimum Gasteiger partial charge on any atom is -0.370 e. The first-order chi connectivity index (χ1) is 9.24. The zero-order valence-corrected chi connectivity index (χ0v) is 12.9. The lowest BCUT2D eigenvalue weighted by Gasteiger charge is -2.27. The maximum absolute atomic E-state index is 10.9. The van der Waals surface area contributed by atoms with Crippen molar-refractivity contribution in [3.8, 4) is 0 Å². The summed E-state index contributed by atoms with van der Waals surface area (Å²) in [4.78, 5) is 14.9. The summed E-state index contributed by atoms with van der Waals surface area (Å²) in [5.74, 6) is 1.48. The molecular formula is C14H24N4O2. The van der Waals surface area contributed by atoms with Gasteiger partial charge in [-0.2, -0.15) is 0 Å². The van der Waals surface area contributed by atoms with Crippen molar-refractivity contribution in [2.24, 2.45) is 11.3 Å². The fraction of sp³-hybridized carbons (Fsp3) is 0.643. The molecular weight excluding hydrogens is 256 g/mol. The van der Waals surface area contributed by atoms with E-state index in [0.29, 0.717) is 24.1 Å². The van der Waals surface area contributed by atoms with E-state index in [2.05, 4.69) is 43.3 Å². The number of aromatic nitrogens is 1. The van der Waals surface area contributed by atoms with Gasteiger partial charge in [0.1, 0.15) is 11.6 Å². The number of anilines is 2. The van der Waals surface area contributed by atoms with Gasteiger partial charge in [-0.15, -0.1) is 0 Å². The molecule has 0 aromatic carbocycles. The summed E-state index contributed by atoms with van der Waals surface area (Å²) in [5.41, 5.74) is 0.222. The van der Waals surface area contributed by atoms with Crippen molar-refractivity contribution in [2.45, 2.75) is 34.6 Å². The maximum Gasteiger partial charge on any atom is 0.276 e. The van der Waals surface area contributed by atoms with E-state index in [-0.39, 0.29) is 11.1 Å². The quantitative estimate of drug-likeness (QED) is 0.615. The Kier molecular flexibility index (Phi) is 5.30. The Labute approximate surface area is 120 Å². The van der Waals surface area contributed by atoms with Crippen LogP contribution < -0.4 is 10.6 Å². The van der Waals surface area contributed by atoms with E-state index < -0.39 is 4.92 Å². The van der Waals surface area contributed by atoms with Gasteiger partial charge in [0, 0.05) is 13.1 Å². The summed E-state index contributed by atoms with van der Waals surface area (Å²) in [6.07, 6.45) is 0. The molecule has 1 rings (SSSR count). The van der Waals surface area contributed by atoms with Crippen LogP contribution in [-0.2, 0) is 0 Å². The number of nitro groups is 1. The maximum atomic E-state index is 10.9. The minimum atomic E-state index is -0.402. The van der Waals surface area contributed by atoms with Crippen LogP contribution in [0.25, 0.3) is 0 Å². The molecule has 1 aromatic rings. The summed E-state index contributed by atoms with van der Waals surface area (Å²) in [7, 11) is 0.